The highest BCUT2D eigenvalue weighted by atomic mass is 32.2. The Morgan fingerprint density at radius 1 is 1.03 bits per heavy atom. The minimum atomic E-state index is -3.81. The maximum atomic E-state index is 13.6. The van der Waals surface area contributed by atoms with Crippen molar-refractivity contribution in [3.8, 4) is 0 Å². The van der Waals surface area contributed by atoms with Gasteiger partial charge in [-0.1, -0.05) is 36.4 Å². The Hall–Kier alpha value is -3.10. The van der Waals surface area contributed by atoms with E-state index >= 15 is 0 Å². The molecule has 32 heavy (non-hydrogen) atoms. The molecule has 1 aromatic heterocycles. The number of sulfonamides is 1. The van der Waals surface area contributed by atoms with E-state index in [1.165, 1.54) is 16.4 Å². The van der Waals surface area contributed by atoms with E-state index in [0.717, 1.165) is 17.7 Å². The number of benzene rings is 2. The lowest BCUT2D eigenvalue weighted by atomic mass is 9.97. The zero-order valence-electron chi connectivity index (χ0n) is 17.5. The number of hydrogen-bond donors (Lipinski definition) is 0. The van der Waals surface area contributed by atoms with Gasteiger partial charge in [0.2, 0.25) is 15.9 Å². The molecule has 0 saturated carbocycles. The molecular weight excluding hydrogens is 429 g/mol. The number of carbonyl (C=O) groups excluding carboxylic acids is 1. The van der Waals surface area contributed by atoms with Gasteiger partial charge in [0.15, 0.2) is 0 Å². The van der Waals surface area contributed by atoms with Gasteiger partial charge in [-0.3, -0.25) is 9.69 Å². The molecule has 3 aromatic rings. The van der Waals surface area contributed by atoms with Crippen molar-refractivity contribution in [1.29, 1.82) is 0 Å². The normalized spacial score (nSPS) is 17.1. The lowest BCUT2D eigenvalue weighted by molar-refractivity contribution is -0.123. The number of hydrogen-bond acceptors (Lipinski definition) is 4. The molecule has 8 heteroatoms. The molecule has 0 radical (unpaired) electrons. The summed E-state index contributed by atoms with van der Waals surface area (Å²) >= 11 is 0. The monoisotopic (exact) mass is 453 g/mol. The number of piperidine rings is 1. The SMILES string of the molecule is O=C([C@H]1CCCN(S(=O)(=O)c2ccc(F)cc2)C1)N(Cc1ccccc1)c1ccccn1. The molecule has 2 heterocycles. The molecule has 0 N–H and O–H groups in total. The zero-order valence-corrected chi connectivity index (χ0v) is 18.3. The first kappa shape index (κ1) is 22.1. The van der Waals surface area contributed by atoms with E-state index in [2.05, 4.69) is 4.98 Å². The van der Waals surface area contributed by atoms with Crippen molar-refractivity contribution in [1.82, 2.24) is 9.29 Å². The maximum absolute atomic E-state index is 13.6. The third-order valence-corrected chi connectivity index (χ3v) is 7.44. The molecule has 1 saturated heterocycles. The number of anilines is 1. The van der Waals surface area contributed by atoms with Crippen LogP contribution < -0.4 is 4.90 Å². The highest BCUT2D eigenvalue weighted by Gasteiger charge is 2.35. The predicted octanol–water partition coefficient (Wildman–Crippen LogP) is 3.85. The molecule has 2 aromatic carbocycles. The highest BCUT2D eigenvalue weighted by Crippen LogP contribution is 2.27. The predicted molar refractivity (Wildman–Crippen MR) is 120 cm³/mol. The number of nitrogens with zero attached hydrogens (tertiary/aromatic N) is 3. The van der Waals surface area contributed by atoms with E-state index in [9.17, 15) is 17.6 Å². The third-order valence-electron chi connectivity index (χ3n) is 5.56. The third kappa shape index (κ3) is 4.87. The summed E-state index contributed by atoms with van der Waals surface area (Å²) in [6, 6.07) is 19.8. The van der Waals surface area contributed by atoms with Crippen LogP contribution in [0.2, 0.25) is 0 Å². The maximum Gasteiger partial charge on any atom is 0.243 e. The standard InChI is InChI=1S/C24H24FN3O3S/c25-21-11-13-22(14-12-21)32(30,31)27-16-6-9-20(18-27)24(29)28(23-10-4-5-15-26-23)17-19-7-2-1-3-8-19/h1-5,7-8,10-15,20H,6,9,16-18H2/t20-/m0/s1. The summed E-state index contributed by atoms with van der Waals surface area (Å²) in [6.45, 7) is 0.750. The topological polar surface area (TPSA) is 70.6 Å². The molecule has 4 rings (SSSR count). The van der Waals surface area contributed by atoms with Crippen LogP contribution in [0, 0.1) is 11.7 Å². The first-order valence-corrected chi connectivity index (χ1v) is 11.9. The fourth-order valence-corrected chi connectivity index (χ4v) is 5.41. The molecule has 6 nitrogen and oxygen atoms in total. The average molecular weight is 454 g/mol. The Labute approximate surface area is 187 Å². The Balaban J connectivity index is 1.57. The Bertz CT molecular complexity index is 1160. The second-order valence-corrected chi connectivity index (χ2v) is 9.69. The second-order valence-electron chi connectivity index (χ2n) is 7.75. The van der Waals surface area contributed by atoms with Gasteiger partial charge >= 0.3 is 0 Å². The van der Waals surface area contributed by atoms with E-state index in [4.69, 9.17) is 0 Å². The van der Waals surface area contributed by atoms with Crippen LogP contribution in [0.1, 0.15) is 18.4 Å². The molecule has 0 bridgehead atoms. The Morgan fingerprint density at radius 3 is 2.44 bits per heavy atom. The van der Waals surface area contributed by atoms with E-state index < -0.39 is 21.8 Å². The Kier molecular flexibility index (Phi) is 6.62. The second kappa shape index (κ2) is 9.58. The number of rotatable bonds is 6. The van der Waals surface area contributed by atoms with Crippen LogP contribution in [-0.4, -0.2) is 36.7 Å². The van der Waals surface area contributed by atoms with E-state index in [1.807, 2.05) is 36.4 Å². The van der Waals surface area contributed by atoms with Gasteiger partial charge in [0.1, 0.15) is 11.6 Å². The van der Waals surface area contributed by atoms with Crippen LogP contribution in [0.3, 0.4) is 0 Å². The summed E-state index contributed by atoms with van der Waals surface area (Å²) < 4.78 is 40.7. The summed E-state index contributed by atoms with van der Waals surface area (Å²) in [7, 11) is -3.81. The summed E-state index contributed by atoms with van der Waals surface area (Å²) in [4.78, 5) is 19.6. The molecule has 0 unspecified atom stereocenters. The largest absolute Gasteiger partial charge is 0.292 e. The lowest BCUT2D eigenvalue weighted by Gasteiger charge is -2.34. The van der Waals surface area contributed by atoms with E-state index in [1.54, 1.807) is 23.2 Å². The fourth-order valence-electron chi connectivity index (χ4n) is 3.89. The van der Waals surface area contributed by atoms with Gasteiger partial charge in [0, 0.05) is 19.3 Å². The fraction of sp³-hybridized carbons (Fsp3) is 0.250. The number of carbonyl (C=O) groups is 1. The first-order valence-electron chi connectivity index (χ1n) is 10.5. The lowest BCUT2D eigenvalue weighted by Crippen LogP contribution is -2.46. The van der Waals surface area contributed by atoms with Crippen molar-refractivity contribution in [2.45, 2.75) is 24.3 Å². The summed E-state index contributed by atoms with van der Waals surface area (Å²) in [5.74, 6) is -0.626. The molecule has 0 spiro atoms. The smallest absolute Gasteiger partial charge is 0.243 e. The van der Waals surface area contributed by atoms with Crippen molar-refractivity contribution < 1.29 is 17.6 Å². The van der Waals surface area contributed by atoms with Gasteiger partial charge in [0.25, 0.3) is 0 Å². The van der Waals surface area contributed by atoms with Gasteiger partial charge in [0.05, 0.1) is 17.4 Å². The van der Waals surface area contributed by atoms with Crippen LogP contribution in [0.4, 0.5) is 10.2 Å². The van der Waals surface area contributed by atoms with Crippen LogP contribution in [-0.2, 0) is 21.4 Å². The van der Waals surface area contributed by atoms with Crippen molar-refractivity contribution in [3.05, 3.63) is 90.4 Å². The number of amides is 1. The molecule has 1 fully saturated rings. The highest BCUT2D eigenvalue weighted by molar-refractivity contribution is 7.89. The van der Waals surface area contributed by atoms with Gasteiger partial charge in [-0.2, -0.15) is 4.31 Å². The van der Waals surface area contributed by atoms with Crippen LogP contribution in [0.15, 0.2) is 83.9 Å². The minimum Gasteiger partial charge on any atom is -0.292 e. The van der Waals surface area contributed by atoms with Crippen LogP contribution in [0.25, 0.3) is 0 Å². The molecule has 166 valence electrons. The number of halogens is 1. The van der Waals surface area contributed by atoms with Gasteiger partial charge in [-0.15, -0.1) is 0 Å². The number of pyridine rings is 1. The van der Waals surface area contributed by atoms with E-state index in [0.29, 0.717) is 31.7 Å². The zero-order chi connectivity index (χ0) is 22.6. The molecule has 1 amide bonds. The van der Waals surface area contributed by atoms with Gasteiger partial charge in [-0.05, 0) is 54.8 Å². The minimum absolute atomic E-state index is 0.0258. The van der Waals surface area contributed by atoms with Crippen LogP contribution >= 0.6 is 0 Å². The van der Waals surface area contributed by atoms with Crippen LogP contribution in [0.5, 0.6) is 0 Å². The summed E-state index contributed by atoms with van der Waals surface area (Å²) in [5, 5.41) is 0. The van der Waals surface area contributed by atoms with Gasteiger partial charge < -0.3 is 0 Å². The quantitative estimate of drug-likeness (QED) is 0.568. The van der Waals surface area contributed by atoms with E-state index in [-0.39, 0.29) is 17.3 Å². The Morgan fingerprint density at radius 2 is 1.75 bits per heavy atom. The molecule has 1 aliphatic heterocycles. The van der Waals surface area contributed by atoms with Crippen molar-refractivity contribution in [2.24, 2.45) is 5.92 Å². The van der Waals surface area contributed by atoms with Gasteiger partial charge in [-0.25, -0.2) is 17.8 Å². The van der Waals surface area contributed by atoms with Crippen molar-refractivity contribution >= 4 is 21.7 Å². The van der Waals surface area contributed by atoms with Crippen molar-refractivity contribution in [2.75, 3.05) is 18.0 Å². The molecule has 0 aliphatic carbocycles. The molecule has 1 aliphatic rings. The van der Waals surface area contributed by atoms with Crippen molar-refractivity contribution in [3.63, 3.8) is 0 Å². The molecular formula is C24H24FN3O3S. The average Bonchev–Trinajstić information content (AvgIpc) is 2.84. The number of aromatic nitrogens is 1. The molecule has 1 atom stereocenters. The summed E-state index contributed by atoms with van der Waals surface area (Å²) in [6.07, 6.45) is 2.79. The first-order chi connectivity index (χ1) is 15.4. The summed E-state index contributed by atoms with van der Waals surface area (Å²) in [5.41, 5.74) is 0.957.